The molecule has 0 atom stereocenters. The molecule has 28 heavy (non-hydrogen) atoms. The summed E-state index contributed by atoms with van der Waals surface area (Å²) in [6, 6.07) is 12.0. The fourth-order valence-corrected chi connectivity index (χ4v) is 2.33. The van der Waals surface area contributed by atoms with Crippen LogP contribution in [0.15, 0.2) is 60.9 Å². The van der Waals surface area contributed by atoms with E-state index in [1.54, 1.807) is 36.7 Å². The summed E-state index contributed by atoms with van der Waals surface area (Å²) in [4.78, 5) is 53.1. The van der Waals surface area contributed by atoms with Gasteiger partial charge in [0.05, 0.1) is 22.5 Å². The van der Waals surface area contributed by atoms with E-state index in [0.717, 1.165) is 0 Å². The van der Waals surface area contributed by atoms with E-state index >= 15 is 0 Å². The minimum atomic E-state index is -0.693. The average molecular weight is 380 g/mol. The van der Waals surface area contributed by atoms with E-state index in [1.807, 2.05) is 0 Å². The molecule has 8 nitrogen and oxygen atoms in total. The van der Waals surface area contributed by atoms with Crippen LogP contribution < -0.4 is 0 Å². The summed E-state index contributed by atoms with van der Waals surface area (Å²) in [7, 11) is 0. The number of aromatic nitrogens is 2. The number of rotatable bonds is 8. The highest BCUT2D eigenvalue weighted by atomic mass is 16.5. The Balaban J connectivity index is 1.50. The smallest absolute Gasteiger partial charge is 0.338 e. The Morgan fingerprint density at radius 3 is 1.36 bits per heavy atom. The van der Waals surface area contributed by atoms with E-state index in [1.165, 1.54) is 24.3 Å². The number of ether oxygens (including phenoxy) is 2. The normalized spacial score (nSPS) is 10.3. The Kier molecular flexibility index (Phi) is 5.81. The van der Waals surface area contributed by atoms with Gasteiger partial charge in [-0.15, -0.1) is 0 Å². The lowest BCUT2D eigenvalue weighted by atomic mass is 10.1. The molecule has 0 aliphatic rings. The largest absolute Gasteiger partial charge is 0.454 e. The number of aromatic amines is 2. The molecule has 2 aromatic heterocycles. The highest BCUT2D eigenvalue weighted by Crippen LogP contribution is 2.09. The molecule has 0 spiro atoms. The minimum absolute atomic E-state index is 0.179. The summed E-state index contributed by atoms with van der Waals surface area (Å²) >= 11 is 0. The molecule has 142 valence electrons. The molecule has 0 radical (unpaired) electrons. The first-order chi connectivity index (χ1) is 13.5. The first kappa shape index (κ1) is 18.8. The van der Waals surface area contributed by atoms with Crippen LogP contribution in [0.1, 0.15) is 41.7 Å². The molecule has 0 aliphatic carbocycles. The standard InChI is InChI=1S/C20H16N2O6/c23-17(15-3-1-9-21-15)11-27-19(25)13-5-7-14(8-6-13)20(26)28-12-18(24)16-4-2-10-22-16/h1-10,21-22H,11-12H2. The molecule has 2 heterocycles. The molecule has 0 bridgehead atoms. The SMILES string of the molecule is O=C(OCC(=O)c1ccc[nH]1)c1ccc(C(=O)OCC(=O)c2ccc[nH]2)cc1. The molecule has 0 fully saturated rings. The lowest BCUT2D eigenvalue weighted by Gasteiger charge is -2.06. The van der Waals surface area contributed by atoms with Gasteiger partial charge in [0, 0.05) is 12.4 Å². The van der Waals surface area contributed by atoms with E-state index in [9.17, 15) is 19.2 Å². The average Bonchev–Trinajstić information content (AvgIpc) is 3.44. The van der Waals surface area contributed by atoms with Gasteiger partial charge in [-0.2, -0.15) is 0 Å². The van der Waals surface area contributed by atoms with Crippen molar-refractivity contribution in [2.45, 2.75) is 0 Å². The van der Waals surface area contributed by atoms with Crippen LogP contribution in [0.25, 0.3) is 0 Å². The maximum Gasteiger partial charge on any atom is 0.338 e. The van der Waals surface area contributed by atoms with Crippen LogP contribution in [0.5, 0.6) is 0 Å². The third-order valence-corrected chi connectivity index (χ3v) is 3.82. The summed E-state index contributed by atoms with van der Waals surface area (Å²) in [6.07, 6.45) is 3.19. The third-order valence-electron chi connectivity index (χ3n) is 3.82. The summed E-state index contributed by atoms with van der Waals surface area (Å²) in [5.74, 6) is -2.10. The van der Waals surface area contributed by atoms with Crippen molar-refractivity contribution in [3.8, 4) is 0 Å². The van der Waals surface area contributed by atoms with Crippen LogP contribution in [0.3, 0.4) is 0 Å². The number of Topliss-reactive ketones (excluding diaryl/α,β-unsaturated/α-hetero) is 2. The van der Waals surface area contributed by atoms with E-state index in [-0.39, 0.29) is 22.7 Å². The summed E-state index contributed by atoms with van der Waals surface area (Å²) in [5.41, 5.74) is 1.05. The lowest BCUT2D eigenvalue weighted by Crippen LogP contribution is -2.16. The number of carbonyl (C=O) groups is 4. The van der Waals surface area contributed by atoms with Crippen LogP contribution in [-0.4, -0.2) is 46.7 Å². The van der Waals surface area contributed by atoms with Gasteiger partial charge in [0.15, 0.2) is 13.2 Å². The molecule has 1 aromatic carbocycles. The predicted octanol–water partition coefficient (Wildman–Crippen LogP) is 2.42. The molecular formula is C20H16N2O6. The fourth-order valence-electron chi connectivity index (χ4n) is 2.33. The summed E-state index contributed by atoms with van der Waals surface area (Å²) in [6.45, 7) is -0.798. The number of H-pyrrole nitrogens is 2. The molecule has 0 saturated heterocycles. The van der Waals surface area contributed by atoms with Gasteiger partial charge in [-0.1, -0.05) is 0 Å². The van der Waals surface area contributed by atoms with Crippen LogP contribution in [-0.2, 0) is 9.47 Å². The number of hydrogen-bond donors (Lipinski definition) is 2. The van der Waals surface area contributed by atoms with Crippen LogP contribution >= 0.6 is 0 Å². The van der Waals surface area contributed by atoms with Crippen molar-refractivity contribution in [1.29, 1.82) is 0 Å². The van der Waals surface area contributed by atoms with Gasteiger partial charge in [-0.3, -0.25) is 9.59 Å². The Labute approximate surface area is 159 Å². The zero-order valence-corrected chi connectivity index (χ0v) is 14.6. The second kappa shape index (κ2) is 8.63. The quantitative estimate of drug-likeness (QED) is 0.458. The fraction of sp³-hybridized carbons (Fsp3) is 0.100. The van der Waals surface area contributed by atoms with Gasteiger partial charge in [-0.25, -0.2) is 9.59 Å². The first-order valence-electron chi connectivity index (χ1n) is 8.32. The Hall–Kier alpha value is -3.94. The van der Waals surface area contributed by atoms with Gasteiger partial charge in [0.25, 0.3) is 0 Å². The molecular weight excluding hydrogens is 364 g/mol. The summed E-state index contributed by atoms with van der Waals surface area (Å²) in [5, 5.41) is 0. The van der Waals surface area contributed by atoms with E-state index in [0.29, 0.717) is 11.4 Å². The maximum absolute atomic E-state index is 12.0. The molecule has 0 aliphatic heterocycles. The van der Waals surface area contributed by atoms with Crippen molar-refractivity contribution in [2.24, 2.45) is 0 Å². The number of esters is 2. The number of nitrogens with one attached hydrogen (secondary N) is 2. The molecule has 0 unspecified atom stereocenters. The number of benzene rings is 1. The van der Waals surface area contributed by atoms with Crippen molar-refractivity contribution in [3.63, 3.8) is 0 Å². The Morgan fingerprint density at radius 1 is 0.643 bits per heavy atom. The van der Waals surface area contributed by atoms with Crippen molar-refractivity contribution in [2.75, 3.05) is 13.2 Å². The van der Waals surface area contributed by atoms with Gasteiger partial charge in [0.1, 0.15) is 0 Å². The molecule has 0 saturated carbocycles. The minimum Gasteiger partial charge on any atom is -0.454 e. The van der Waals surface area contributed by atoms with E-state index in [4.69, 9.17) is 9.47 Å². The topological polar surface area (TPSA) is 118 Å². The number of hydrogen-bond acceptors (Lipinski definition) is 6. The van der Waals surface area contributed by atoms with Crippen molar-refractivity contribution in [1.82, 2.24) is 9.97 Å². The van der Waals surface area contributed by atoms with Crippen molar-refractivity contribution < 1.29 is 28.7 Å². The number of ketones is 2. The van der Waals surface area contributed by atoms with Gasteiger partial charge < -0.3 is 19.4 Å². The zero-order valence-electron chi connectivity index (χ0n) is 14.6. The molecule has 3 aromatic rings. The van der Waals surface area contributed by atoms with Crippen LogP contribution in [0.2, 0.25) is 0 Å². The third kappa shape index (κ3) is 4.61. The Bertz CT molecular complexity index is 891. The van der Waals surface area contributed by atoms with E-state index < -0.39 is 25.2 Å². The highest BCUT2D eigenvalue weighted by molar-refractivity contribution is 5.99. The van der Waals surface area contributed by atoms with E-state index in [2.05, 4.69) is 9.97 Å². The molecule has 2 N–H and O–H groups in total. The first-order valence-corrected chi connectivity index (χ1v) is 8.32. The number of carbonyl (C=O) groups excluding carboxylic acids is 4. The zero-order chi connectivity index (χ0) is 19.9. The second-order valence-electron chi connectivity index (χ2n) is 5.74. The molecule has 8 heteroatoms. The van der Waals surface area contributed by atoms with Gasteiger partial charge >= 0.3 is 11.9 Å². The maximum atomic E-state index is 12.0. The molecule has 0 amide bonds. The molecule has 3 rings (SSSR count). The lowest BCUT2D eigenvalue weighted by molar-refractivity contribution is 0.0466. The van der Waals surface area contributed by atoms with Gasteiger partial charge in [-0.05, 0) is 48.5 Å². The van der Waals surface area contributed by atoms with Crippen LogP contribution in [0, 0.1) is 0 Å². The summed E-state index contributed by atoms with van der Waals surface area (Å²) < 4.78 is 9.92. The van der Waals surface area contributed by atoms with Crippen LogP contribution in [0.4, 0.5) is 0 Å². The second-order valence-corrected chi connectivity index (χ2v) is 5.74. The monoisotopic (exact) mass is 380 g/mol. The predicted molar refractivity (Wildman–Crippen MR) is 97.3 cm³/mol. The van der Waals surface area contributed by atoms with Crippen molar-refractivity contribution >= 4 is 23.5 Å². The van der Waals surface area contributed by atoms with Gasteiger partial charge in [0.2, 0.25) is 11.6 Å². The highest BCUT2D eigenvalue weighted by Gasteiger charge is 2.15. The Morgan fingerprint density at radius 2 is 1.04 bits per heavy atom. The van der Waals surface area contributed by atoms with Crippen molar-refractivity contribution in [3.05, 3.63) is 83.4 Å².